The highest BCUT2D eigenvalue weighted by molar-refractivity contribution is 5.88. The van der Waals surface area contributed by atoms with Crippen molar-refractivity contribution in [2.45, 2.75) is 79.0 Å². The minimum absolute atomic E-state index is 0.324. The summed E-state index contributed by atoms with van der Waals surface area (Å²) < 4.78 is 9.50. The Kier molecular flexibility index (Phi) is 12.4. The van der Waals surface area contributed by atoms with E-state index in [2.05, 4.69) is 4.74 Å². The van der Waals surface area contributed by atoms with Gasteiger partial charge < -0.3 is 81.0 Å². The molecule has 14 N–H and O–H groups in total. The number of ether oxygens (including phenoxy) is 2. The summed E-state index contributed by atoms with van der Waals surface area (Å²) in [6.07, 6.45) is -21.6. The predicted octanol–water partition coefficient (Wildman–Crippen LogP) is -9.39. The molecule has 2 heterocycles. The van der Waals surface area contributed by atoms with Gasteiger partial charge in [0.2, 0.25) is 5.79 Å². The van der Waals surface area contributed by atoms with Crippen molar-refractivity contribution in [3.05, 3.63) is 0 Å². The van der Waals surface area contributed by atoms with Crippen molar-refractivity contribution in [3.8, 4) is 0 Å². The Morgan fingerprint density at radius 2 is 1.46 bits per heavy atom. The van der Waals surface area contributed by atoms with Gasteiger partial charge in [-0.05, 0) is 0 Å². The molecule has 0 aromatic carbocycles. The molecule has 35 heavy (non-hydrogen) atoms. The zero-order valence-corrected chi connectivity index (χ0v) is 18.2. The lowest BCUT2D eigenvalue weighted by Crippen LogP contribution is -2.63. The van der Waals surface area contributed by atoms with E-state index in [-0.39, 0.29) is 6.61 Å². The van der Waals surface area contributed by atoms with Crippen LogP contribution in [0.15, 0.2) is 0 Å². The van der Waals surface area contributed by atoms with E-state index >= 15 is 0 Å². The van der Waals surface area contributed by atoms with Crippen molar-refractivity contribution in [2.75, 3.05) is 26.4 Å². The topological polar surface area (TPSA) is 319 Å². The Morgan fingerprint density at radius 1 is 0.886 bits per heavy atom. The molecule has 0 aliphatic carbocycles. The average Bonchev–Trinajstić information content (AvgIpc) is 2.86. The average molecular weight is 522 g/mol. The predicted molar refractivity (Wildman–Crippen MR) is 106 cm³/mol. The number of carbonyl (C=O) groups excluding carboxylic acids is 1. The Morgan fingerprint density at radius 3 is 1.94 bits per heavy atom. The van der Waals surface area contributed by atoms with Gasteiger partial charge in [0.25, 0.3) is 0 Å². The molecule has 0 bridgehead atoms. The van der Waals surface area contributed by atoms with Crippen molar-refractivity contribution >= 4 is 5.78 Å². The molecule has 0 aromatic rings. The fraction of sp³-hybridized carbons (Fsp3) is 0.944. The van der Waals surface area contributed by atoms with Crippen molar-refractivity contribution in [2.24, 2.45) is 0 Å². The summed E-state index contributed by atoms with van der Waals surface area (Å²) in [4.78, 5) is 11.9. The summed E-state index contributed by atoms with van der Waals surface area (Å²) in [6, 6.07) is 0. The molecule has 2 aliphatic rings. The molecule has 2 fully saturated rings. The van der Waals surface area contributed by atoms with Crippen molar-refractivity contribution in [3.63, 3.8) is 0 Å². The lowest BCUT2D eigenvalue weighted by molar-refractivity contribution is -0.331. The van der Waals surface area contributed by atoms with Gasteiger partial charge in [-0.3, -0.25) is 4.79 Å². The van der Waals surface area contributed by atoms with E-state index in [9.17, 15) is 40.5 Å². The Hall–Kier alpha value is -0.970. The molecule has 2 unspecified atom stereocenters. The lowest BCUT2D eigenvalue weighted by Gasteiger charge is -2.41. The molecule has 0 saturated carbocycles. The monoisotopic (exact) mass is 522 g/mol. The minimum Gasteiger partial charge on any atom is -0.394 e. The smallest absolute Gasteiger partial charge is 0.218 e. The first-order chi connectivity index (χ1) is 16.2. The maximum atomic E-state index is 11.9. The molecule has 2 aliphatic heterocycles. The third-order valence-electron chi connectivity index (χ3n) is 5.64. The first-order valence-corrected chi connectivity index (χ1v) is 10.4. The zero-order valence-electron chi connectivity index (χ0n) is 18.2. The number of hydrogen-bond donors (Lipinski definition) is 14. The van der Waals surface area contributed by atoms with E-state index in [1.54, 1.807) is 0 Å². The van der Waals surface area contributed by atoms with Crippen LogP contribution in [0.25, 0.3) is 0 Å². The number of rotatable bonds is 8. The van der Waals surface area contributed by atoms with Crippen LogP contribution in [0.2, 0.25) is 0 Å². The van der Waals surface area contributed by atoms with Crippen molar-refractivity contribution < 1.29 is 85.8 Å². The van der Waals surface area contributed by atoms with Crippen LogP contribution in [0.5, 0.6) is 0 Å². The van der Waals surface area contributed by atoms with E-state index in [0.29, 0.717) is 0 Å². The summed E-state index contributed by atoms with van der Waals surface area (Å²) in [5.41, 5.74) is 0. The van der Waals surface area contributed by atoms with Crippen LogP contribution in [0.3, 0.4) is 0 Å². The zero-order chi connectivity index (χ0) is 27.2. The molecular formula is C18H34O17. The first kappa shape index (κ1) is 32.1. The molecule has 2 saturated heterocycles. The molecule has 17 nitrogen and oxygen atoms in total. The number of aliphatic hydroxyl groups is 14. The van der Waals surface area contributed by atoms with Gasteiger partial charge in [0.15, 0.2) is 5.78 Å². The summed E-state index contributed by atoms with van der Waals surface area (Å²) >= 11 is 0. The number of Topliss-reactive ketones (excluding diaryl/α,β-unsaturated/α-hetero) is 1. The maximum absolute atomic E-state index is 11.9. The Bertz CT molecular complexity index is 651. The van der Waals surface area contributed by atoms with Crippen LogP contribution in [-0.2, 0) is 14.3 Å². The van der Waals surface area contributed by atoms with Crippen molar-refractivity contribution in [1.29, 1.82) is 0 Å². The lowest BCUT2D eigenvalue weighted by atomic mass is 9.89. The molecule has 0 aromatic heterocycles. The summed E-state index contributed by atoms with van der Waals surface area (Å²) in [6.45, 7) is -2.90. The first-order valence-electron chi connectivity index (χ1n) is 10.4. The molecule has 0 amide bonds. The van der Waals surface area contributed by atoms with E-state index in [1.807, 2.05) is 0 Å². The second kappa shape index (κ2) is 13.5. The summed E-state index contributed by atoms with van der Waals surface area (Å²) in [7, 11) is 0. The maximum Gasteiger partial charge on any atom is 0.218 e. The highest BCUT2D eigenvalue weighted by atomic mass is 16.7. The van der Waals surface area contributed by atoms with Crippen LogP contribution < -0.4 is 0 Å². The van der Waals surface area contributed by atoms with Gasteiger partial charge in [0.1, 0.15) is 73.2 Å². The van der Waals surface area contributed by atoms with Gasteiger partial charge in [0, 0.05) is 0 Å². The molecule has 0 radical (unpaired) electrons. The van der Waals surface area contributed by atoms with Gasteiger partial charge in [-0.15, -0.1) is 0 Å². The van der Waals surface area contributed by atoms with Crippen LogP contribution in [0.4, 0.5) is 0 Å². The highest BCUT2D eigenvalue weighted by Crippen LogP contribution is 2.25. The Labute approximate surface area is 197 Å². The van der Waals surface area contributed by atoms with E-state index in [4.69, 9.17) is 40.5 Å². The van der Waals surface area contributed by atoms with Gasteiger partial charge in [-0.25, -0.2) is 0 Å². The van der Waals surface area contributed by atoms with E-state index < -0.39 is 105 Å². The molecule has 208 valence electrons. The Balaban J connectivity index is 0.000000427. The number of carbonyl (C=O) groups is 1. The SMILES string of the molecule is O=C(C(O)C1O[C@H](CO)[C@@H](O)[C@H](O)[C@H]1O)[C@H](O)[C@H](O)[C@H](O)CO.OC[C@@]1(O)OC[C@@H](O)[C@@H](O)[C@H]1O. The van der Waals surface area contributed by atoms with Crippen LogP contribution >= 0.6 is 0 Å². The third kappa shape index (κ3) is 7.29. The third-order valence-corrected chi connectivity index (χ3v) is 5.64. The van der Waals surface area contributed by atoms with Crippen LogP contribution in [0, 0.1) is 0 Å². The normalized spacial score (nSPS) is 41.2. The second-order valence-electron chi connectivity index (χ2n) is 8.14. The van der Waals surface area contributed by atoms with Crippen molar-refractivity contribution in [1.82, 2.24) is 0 Å². The fourth-order valence-electron chi connectivity index (χ4n) is 3.24. The summed E-state index contributed by atoms with van der Waals surface area (Å²) in [5.74, 6) is -3.62. The molecule has 17 heteroatoms. The largest absolute Gasteiger partial charge is 0.394 e. The van der Waals surface area contributed by atoms with Gasteiger partial charge in [-0.2, -0.15) is 0 Å². The minimum atomic E-state index is -2.31. The number of aliphatic hydroxyl groups excluding tert-OH is 13. The summed E-state index contributed by atoms with van der Waals surface area (Å²) in [5, 5.41) is 130. The van der Waals surface area contributed by atoms with Crippen LogP contribution in [0.1, 0.15) is 0 Å². The van der Waals surface area contributed by atoms with Gasteiger partial charge >= 0.3 is 0 Å². The highest BCUT2D eigenvalue weighted by Gasteiger charge is 2.50. The van der Waals surface area contributed by atoms with Crippen LogP contribution in [-0.4, -0.2) is 183 Å². The molecular weight excluding hydrogens is 488 g/mol. The second-order valence-corrected chi connectivity index (χ2v) is 8.14. The fourth-order valence-corrected chi connectivity index (χ4v) is 3.24. The van der Waals surface area contributed by atoms with Gasteiger partial charge in [0.05, 0.1) is 26.4 Å². The standard InChI is InChI=1S/C12H22O11.C6H12O6/c13-1-3(15)5(16)7(18)9(20)11(22)12-10(21)8(19)6(17)4(2-14)23-12;7-2-6(11)5(10)4(9)3(8)1-12-6/h3-8,10-19,21-22H,1-2H2;3-5,7-11H,1-2H2/t3-,4-,5-,6-,7-,8+,10-,11?,12?;3-,4-,5-,6-/m11/s1. The number of hydrogen-bond acceptors (Lipinski definition) is 17. The van der Waals surface area contributed by atoms with Gasteiger partial charge in [-0.1, -0.05) is 0 Å². The molecule has 0 spiro atoms. The quantitative estimate of drug-likeness (QED) is 0.141. The number of ketones is 1. The molecule has 2 rings (SSSR count). The van der Waals surface area contributed by atoms with E-state index in [1.165, 1.54) is 0 Å². The van der Waals surface area contributed by atoms with E-state index in [0.717, 1.165) is 0 Å². The molecule has 13 atom stereocenters.